The third-order valence-electron chi connectivity index (χ3n) is 3.33. The number of hydrogen-bond acceptors (Lipinski definition) is 5. The van der Waals surface area contributed by atoms with E-state index in [0.717, 1.165) is 27.1 Å². The summed E-state index contributed by atoms with van der Waals surface area (Å²) in [5.41, 5.74) is 0.624. The number of nitriles is 1. The second kappa shape index (κ2) is 4.97. The van der Waals surface area contributed by atoms with Gasteiger partial charge in [0.1, 0.15) is 5.40 Å². The first kappa shape index (κ1) is 13.2. The van der Waals surface area contributed by atoms with Gasteiger partial charge in [-0.1, -0.05) is 18.2 Å². The number of esters is 1. The molecule has 3 nitrogen and oxygen atoms in total. The van der Waals surface area contributed by atoms with E-state index in [-0.39, 0.29) is 5.97 Å². The highest BCUT2D eigenvalue weighted by molar-refractivity contribution is 8.03. The molecule has 100 valence electrons. The van der Waals surface area contributed by atoms with E-state index in [1.807, 2.05) is 37.3 Å². The van der Waals surface area contributed by atoms with Crippen molar-refractivity contribution in [1.82, 2.24) is 0 Å². The Labute approximate surface area is 125 Å². The fourth-order valence-corrected chi connectivity index (χ4v) is 4.17. The zero-order valence-corrected chi connectivity index (χ0v) is 12.4. The van der Waals surface area contributed by atoms with Gasteiger partial charge in [0, 0.05) is 10.4 Å². The first-order chi connectivity index (χ1) is 9.67. The molecule has 0 spiro atoms. The molecule has 2 aromatic rings. The van der Waals surface area contributed by atoms with Crippen LogP contribution in [0.2, 0.25) is 0 Å². The van der Waals surface area contributed by atoms with Crippen LogP contribution in [0.4, 0.5) is 0 Å². The molecule has 1 aromatic heterocycles. The van der Waals surface area contributed by atoms with Crippen LogP contribution in [0, 0.1) is 17.6 Å². The summed E-state index contributed by atoms with van der Waals surface area (Å²) >= 11 is 2.71. The van der Waals surface area contributed by atoms with Crippen molar-refractivity contribution in [3.8, 4) is 5.40 Å². The second-order valence-electron chi connectivity index (χ2n) is 4.55. The molecular weight excluding hydrogens is 290 g/mol. The van der Waals surface area contributed by atoms with Crippen molar-refractivity contribution in [2.24, 2.45) is 0 Å². The smallest absolute Gasteiger partial charge is 0.339 e. The molecule has 2 heterocycles. The quantitative estimate of drug-likeness (QED) is 0.641. The molecule has 1 aliphatic heterocycles. The number of rotatable bonds is 3. The van der Waals surface area contributed by atoms with Gasteiger partial charge in [-0.25, -0.2) is 4.79 Å². The Kier molecular flexibility index (Phi) is 3.28. The minimum absolute atomic E-state index is 0.315. The Morgan fingerprint density at radius 1 is 1.35 bits per heavy atom. The first-order valence-corrected chi connectivity index (χ1v) is 7.88. The van der Waals surface area contributed by atoms with E-state index in [2.05, 4.69) is 5.40 Å². The summed E-state index contributed by atoms with van der Waals surface area (Å²) in [5.74, 6) is 0.0943. The van der Waals surface area contributed by atoms with Crippen molar-refractivity contribution in [1.29, 1.82) is 5.26 Å². The normalized spacial score (nSPS) is 20.3. The number of thioether (sulfide) groups is 1. The number of thiocyanates is 1. The molecule has 0 N–H and O–H groups in total. The number of nitrogens with zero attached hydrogens (tertiary/aromatic N) is 1. The van der Waals surface area contributed by atoms with Crippen LogP contribution < -0.4 is 0 Å². The van der Waals surface area contributed by atoms with E-state index in [4.69, 9.17) is 10.00 Å². The predicted octanol–water partition coefficient (Wildman–Crippen LogP) is 3.68. The van der Waals surface area contributed by atoms with E-state index in [0.29, 0.717) is 11.3 Å². The number of ether oxygens (including phenoxy) is 1. The van der Waals surface area contributed by atoms with Crippen LogP contribution >= 0.6 is 23.1 Å². The van der Waals surface area contributed by atoms with Crippen molar-refractivity contribution in [2.45, 2.75) is 12.5 Å². The summed E-state index contributed by atoms with van der Waals surface area (Å²) in [4.78, 5) is 14.2. The predicted molar refractivity (Wildman–Crippen MR) is 79.8 cm³/mol. The molecule has 5 heteroatoms. The van der Waals surface area contributed by atoms with Crippen molar-refractivity contribution in [3.63, 3.8) is 0 Å². The van der Waals surface area contributed by atoms with Gasteiger partial charge in [-0.2, -0.15) is 5.26 Å². The molecule has 0 fully saturated rings. The minimum Gasteiger partial charge on any atom is -0.444 e. The van der Waals surface area contributed by atoms with Crippen LogP contribution in [-0.4, -0.2) is 11.7 Å². The van der Waals surface area contributed by atoms with Gasteiger partial charge in [-0.05, 0) is 36.9 Å². The molecule has 1 atom stereocenters. The summed E-state index contributed by atoms with van der Waals surface area (Å²) in [6.07, 6.45) is 0. The number of thiophene rings is 1. The Morgan fingerprint density at radius 2 is 2.15 bits per heavy atom. The summed E-state index contributed by atoms with van der Waals surface area (Å²) < 4.78 is 5.72. The Hall–Kier alpha value is -1.77. The van der Waals surface area contributed by atoms with E-state index in [1.165, 1.54) is 0 Å². The molecular formula is C15H11NO2S2. The van der Waals surface area contributed by atoms with Crippen molar-refractivity contribution in [3.05, 3.63) is 57.3 Å². The molecule has 0 aliphatic carbocycles. The lowest BCUT2D eigenvalue weighted by molar-refractivity contribution is 0.0209. The van der Waals surface area contributed by atoms with E-state index in [9.17, 15) is 4.79 Å². The average Bonchev–Trinajstić information content (AvgIpc) is 3.01. The van der Waals surface area contributed by atoms with Crippen LogP contribution in [-0.2, 0) is 10.3 Å². The zero-order valence-electron chi connectivity index (χ0n) is 10.8. The fraction of sp³-hybridized carbons (Fsp3) is 0.200. The second-order valence-corrected chi connectivity index (χ2v) is 6.60. The maximum atomic E-state index is 12.1. The Morgan fingerprint density at radius 3 is 2.85 bits per heavy atom. The molecule has 3 rings (SSSR count). The fourth-order valence-electron chi connectivity index (χ4n) is 2.43. The van der Waals surface area contributed by atoms with Gasteiger partial charge in [-0.15, -0.1) is 11.3 Å². The number of carbonyl (C=O) groups excluding carboxylic acids is 1. The summed E-state index contributed by atoms with van der Waals surface area (Å²) in [7, 11) is 0. The Bertz CT molecular complexity index is 717. The third-order valence-corrected chi connectivity index (χ3v) is 5.15. The van der Waals surface area contributed by atoms with E-state index >= 15 is 0 Å². The van der Waals surface area contributed by atoms with Crippen LogP contribution in [0.5, 0.6) is 0 Å². The lowest BCUT2D eigenvalue weighted by Crippen LogP contribution is -2.29. The molecule has 0 amide bonds. The molecule has 1 aromatic carbocycles. The molecule has 0 saturated carbocycles. The highest BCUT2D eigenvalue weighted by atomic mass is 32.2. The van der Waals surface area contributed by atoms with Crippen molar-refractivity contribution in [2.75, 3.05) is 5.75 Å². The third kappa shape index (κ3) is 1.92. The monoisotopic (exact) mass is 301 g/mol. The maximum Gasteiger partial charge on any atom is 0.339 e. The number of carbonyl (C=O) groups is 1. The average molecular weight is 301 g/mol. The van der Waals surface area contributed by atoms with Gasteiger partial charge >= 0.3 is 5.97 Å². The summed E-state index contributed by atoms with van der Waals surface area (Å²) in [5, 5.41) is 11.0. The van der Waals surface area contributed by atoms with E-state index < -0.39 is 5.60 Å². The number of benzene rings is 1. The van der Waals surface area contributed by atoms with Crippen LogP contribution in [0.1, 0.15) is 25.7 Å². The van der Waals surface area contributed by atoms with E-state index in [1.54, 1.807) is 17.4 Å². The van der Waals surface area contributed by atoms with Gasteiger partial charge < -0.3 is 4.74 Å². The maximum absolute atomic E-state index is 12.1. The van der Waals surface area contributed by atoms with Gasteiger partial charge in [0.25, 0.3) is 0 Å². The standard InChI is InChI=1S/C15H11NO2S2/c1-10-6-7-13(20-10)15(8-19-9-16)12-5-3-2-4-11(12)14(17)18-15/h2-7H,8H2,1H3. The first-order valence-electron chi connectivity index (χ1n) is 6.08. The zero-order chi connectivity index (χ0) is 14.2. The Balaban J connectivity index is 2.18. The van der Waals surface area contributed by atoms with Crippen LogP contribution in [0.25, 0.3) is 0 Å². The lowest BCUT2D eigenvalue weighted by Gasteiger charge is -2.26. The number of fused-ring (bicyclic) bond motifs is 1. The van der Waals surface area contributed by atoms with Gasteiger partial charge in [0.2, 0.25) is 0 Å². The molecule has 0 bridgehead atoms. The largest absolute Gasteiger partial charge is 0.444 e. The van der Waals surface area contributed by atoms with Crippen LogP contribution in [0.3, 0.4) is 0 Å². The lowest BCUT2D eigenvalue weighted by atomic mass is 9.92. The molecule has 1 unspecified atom stereocenters. The van der Waals surface area contributed by atoms with Gasteiger partial charge in [-0.3, -0.25) is 0 Å². The molecule has 0 radical (unpaired) electrons. The SMILES string of the molecule is Cc1ccc(C2(CSC#N)OC(=O)c3ccccc32)s1. The van der Waals surface area contributed by atoms with Crippen LogP contribution in [0.15, 0.2) is 36.4 Å². The highest BCUT2D eigenvalue weighted by Gasteiger charge is 2.47. The summed E-state index contributed by atoms with van der Waals surface area (Å²) in [6.45, 7) is 2.02. The molecule has 0 saturated heterocycles. The van der Waals surface area contributed by atoms with Gasteiger partial charge in [0.05, 0.1) is 16.2 Å². The number of hydrogen-bond donors (Lipinski definition) is 0. The minimum atomic E-state index is -0.826. The summed E-state index contributed by atoms with van der Waals surface area (Å²) in [6, 6.07) is 11.4. The molecule has 20 heavy (non-hydrogen) atoms. The number of cyclic esters (lactones) is 1. The topological polar surface area (TPSA) is 50.1 Å². The van der Waals surface area contributed by atoms with Crippen molar-refractivity contribution < 1.29 is 9.53 Å². The van der Waals surface area contributed by atoms with Crippen molar-refractivity contribution >= 4 is 29.1 Å². The molecule has 1 aliphatic rings. The number of aryl methyl sites for hydroxylation is 1. The van der Waals surface area contributed by atoms with Gasteiger partial charge in [0.15, 0.2) is 5.60 Å². The highest BCUT2D eigenvalue weighted by Crippen LogP contribution is 2.46.